The minimum atomic E-state index is -0.213. The van der Waals surface area contributed by atoms with Crippen molar-refractivity contribution in [1.82, 2.24) is 5.32 Å². The quantitative estimate of drug-likeness (QED) is 0.615. The molecule has 2 aliphatic rings. The molecule has 142 valence electrons. The van der Waals surface area contributed by atoms with Crippen LogP contribution in [0.25, 0.3) is 6.08 Å². The van der Waals surface area contributed by atoms with E-state index in [-0.39, 0.29) is 18.4 Å². The number of thioether (sulfide) groups is 1. The largest absolute Gasteiger partial charge is 0.497 e. The molecular weight excluding hydrogens is 396 g/mol. The number of nitrogens with one attached hydrogen (secondary N) is 1. The number of carbonyl (C=O) groups excluding carboxylic acids is 2. The number of anilines is 1. The van der Waals surface area contributed by atoms with Crippen molar-refractivity contribution in [2.75, 3.05) is 18.6 Å². The maximum atomic E-state index is 12.5. The first-order valence-corrected chi connectivity index (χ1v) is 9.71. The van der Waals surface area contributed by atoms with E-state index in [4.69, 9.17) is 21.7 Å². The van der Waals surface area contributed by atoms with E-state index in [1.807, 2.05) is 42.5 Å². The number of hydrogen-bond donors (Lipinski definition) is 1. The van der Waals surface area contributed by atoms with Gasteiger partial charge >= 0.3 is 0 Å². The second-order valence-electron chi connectivity index (χ2n) is 6.20. The average molecular weight is 412 g/mol. The third-order valence-corrected chi connectivity index (χ3v) is 5.53. The number of methoxy groups -OCH3 is 1. The summed E-state index contributed by atoms with van der Waals surface area (Å²) in [5.74, 6) is 1.06. The summed E-state index contributed by atoms with van der Waals surface area (Å²) in [6.07, 6.45) is 1.75. The molecule has 6 nitrogen and oxygen atoms in total. The number of ether oxygens (including phenoxy) is 2. The van der Waals surface area contributed by atoms with Gasteiger partial charge in [0.25, 0.3) is 11.8 Å². The van der Waals surface area contributed by atoms with Gasteiger partial charge in [-0.1, -0.05) is 42.2 Å². The highest BCUT2D eigenvalue weighted by Gasteiger charge is 2.27. The van der Waals surface area contributed by atoms with Gasteiger partial charge in [0.05, 0.1) is 24.2 Å². The molecule has 0 aromatic heterocycles. The van der Waals surface area contributed by atoms with E-state index in [0.717, 1.165) is 16.9 Å². The van der Waals surface area contributed by atoms with Crippen LogP contribution in [0.1, 0.15) is 11.1 Å². The molecule has 0 bridgehead atoms. The number of amides is 2. The van der Waals surface area contributed by atoms with Crippen molar-refractivity contribution in [2.45, 2.75) is 6.54 Å². The molecular formula is C20H16N2O4S2. The third kappa shape index (κ3) is 3.74. The Labute approximate surface area is 171 Å². The van der Waals surface area contributed by atoms with Gasteiger partial charge in [0.1, 0.15) is 15.8 Å². The van der Waals surface area contributed by atoms with Gasteiger partial charge in [-0.3, -0.25) is 9.59 Å². The highest BCUT2D eigenvalue weighted by molar-refractivity contribution is 8.26. The van der Waals surface area contributed by atoms with E-state index in [0.29, 0.717) is 27.2 Å². The lowest BCUT2D eigenvalue weighted by Gasteiger charge is -2.29. The normalized spacial score (nSPS) is 17.4. The van der Waals surface area contributed by atoms with Crippen molar-refractivity contribution in [3.8, 4) is 11.5 Å². The van der Waals surface area contributed by atoms with E-state index in [1.54, 1.807) is 18.1 Å². The molecule has 0 aliphatic carbocycles. The molecule has 2 heterocycles. The lowest BCUT2D eigenvalue weighted by atomic mass is 10.1. The van der Waals surface area contributed by atoms with E-state index >= 15 is 0 Å². The average Bonchev–Trinajstić information content (AvgIpc) is 3.01. The highest BCUT2D eigenvalue weighted by atomic mass is 32.2. The summed E-state index contributed by atoms with van der Waals surface area (Å²) in [7, 11) is 1.61. The fourth-order valence-electron chi connectivity index (χ4n) is 2.97. The Balaban J connectivity index is 1.65. The molecule has 1 saturated heterocycles. The predicted molar refractivity (Wildman–Crippen MR) is 112 cm³/mol. The van der Waals surface area contributed by atoms with Crippen LogP contribution >= 0.6 is 24.0 Å². The molecule has 0 spiro atoms. The van der Waals surface area contributed by atoms with Crippen LogP contribution in [0.2, 0.25) is 0 Å². The van der Waals surface area contributed by atoms with E-state index < -0.39 is 0 Å². The molecule has 4 rings (SSSR count). The number of nitrogens with zero attached hydrogens (tertiary/aromatic N) is 1. The topological polar surface area (TPSA) is 67.9 Å². The smallest absolute Gasteiger partial charge is 0.265 e. The Hall–Kier alpha value is -2.84. The number of hydrogen-bond acceptors (Lipinski definition) is 6. The Morgan fingerprint density at radius 1 is 1.25 bits per heavy atom. The van der Waals surface area contributed by atoms with Crippen LogP contribution in [0.4, 0.5) is 5.69 Å². The summed E-state index contributed by atoms with van der Waals surface area (Å²) in [6.45, 7) is 0.411. The Morgan fingerprint density at radius 3 is 2.71 bits per heavy atom. The maximum absolute atomic E-state index is 12.5. The predicted octanol–water partition coefficient (Wildman–Crippen LogP) is 3.11. The van der Waals surface area contributed by atoms with Crippen molar-refractivity contribution in [1.29, 1.82) is 0 Å². The molecule has 0 saturated carbocycles. The van der Waals surface area contributed by atoms with E-state index in [2.05, 4.69) is 5.32 Å². The minimum absolute atomic E-state index is 0.00385. The second kappa shape index (κ2) is 7.65. The Bertz CT molecular complexity index is 1000. The zero-order chi connectivity index (χ0) is 19.7. The number of fused-ring (bicyclic) bond motifs is 1. The summed E-state index contributed by atoms with van der Waals surface area (Å²) in [4.78, 5) is 26.6. The molecule has 28 heavy (non-hydrogen) atoms. The molecule has 0 unspecified atom stereocenters. The van der Waals surface area contributed by atoms with Crippen LogP contribution in [-0.2, 0) is 16.1 Å². The lowest BCUT2D eigenvalue weighted by molar-refractivity contribution is -0.121. The number of carbonyl (C=O) groups is 2. The third-order valence-electron chi connectivity index (χ3n) is 4.37. The number of rotatable bonds is 4. The SMILES string of the molecule is COc1ccc(CN2C(=O)COc3ccc(C=C4SC(=S)NC4=O)cc32)cc1. The fraction of sp³-hybridized carbons (Fsp3) is 0.150. The standard InChI is InChI=1S/C20H16N2O4S2/c1-25-14-5-2-12(3-6-14)10-22-15-8-13(4-7-16(15)26-11-18(22)23)9-17-19(24)21-20(27)28-17/h2-9H,10-11H2,1H3,(H,21,24,27). The van der Waals surface area contributed by atoms with Crippen LogP contribution < -0.4 is 19.7 Å². The zero-order valence-electron chi connectivity index (χ0n) is 14.9. The summed E-state index contributed by atoms with van der Waals surface area (Å²) >= 11 is 6.24. The van der Waals surface area contributed by atoms with Crippen molar-refractivity contribution in [3.63, 3.8) is 0 Å². The van der Waals surface area contributed by atoms with Gasteiger partial charge in [-0.05, 0) is 41.5 Å². The summed E-state index contributed by atoms with van der Waals surface area (Å²) in [5.41, 5.74) is 2.44. The highest BCUT2D eigenvalue weighted by Crippen LogP contribution is 2.35. The molecule has 8 heteroatoms. The molecule has 2 aromatic carbocycles. The maximum Gasteiger partial charge on any atom is 0.265 e. The van der Waals surface area contributed by atoms with Gasteiger partial charge in [-0.2, -0.15) is 0 Å². The Kier molecular flexibility index (Phi) is 5.06. The van der Waals surface area contributed by atoms with Gasteiger partial charge < -0.3 is 19.7 Å². The molecule has 0 radical (unpaired) electrons. The van der Waals surface area contributed by atoms with Crippen LogP contribution in [0.5, 0.6) is 11.5 Å². The van der Waals surface area contributed by atoms with E-state index in [1.165, 1.54) is 11.8 Å². The first-order valence-electron chi connectivity index (χ1n) is 8.48. The first-order chi connectivity index (χ1) is 13.5. The zero-order valence-corrected chi connectivity index (χ0v) is 16.6. The molecule has 0 atom stereocenters. The minimum Gasteiger partial charge on any atom is -0.497 e. The van der Waals surface area contributed by atoms with Crippen molar-refractivity contribution >= 4 is 51.9 Å². The van der Waals surface area contributed by atoms with Crippen LogP contribution in [0.15, 0.2) is 47.4 Å². The van der Waals surface area contributed by atoms with Gasteiger partial charge in [0, 0.05) is 0 Å². The van der Waals surface area contributed by atoms with Crippen molar-refractivity contribution in [3.05, 3.63) is 58.5 Å². The molecule has 1 N–H and O–H groups in total. The van der Waals surface area contributed by atoms with Crippen LogP contribution in [0, 0.1) is 0 Å². The summed E-state index contributed by atoms with van der Waals surface area (Å²) in [5, 5.41) is 2.59. The van der Waals surface area contributed by atoms with Gasteiger partial charge in [0.2, 0.25) is 0 Å². The molecule has 2 aliphatic heterocycles. The molecule has 2 amide bonds. The number of benzene rings is 2. The molecule has 2 aromatic rings. The van der Waals surface area contributed by atoms with Gasteiger partial charge in [-0.15, -0.1) is 0 Å². The molecule has 1 fully saturated rings. The van der Waals surface area contributed by atoms with Gasteiger partial charge in [-0.25, -0.2) is 0 Å². The van der Waals surface area contributed by atoms with Crippen molar-refractivity contribution in [2.24, 2.45) is 0 Å². The monoisotopic (exact) mass is 412 g/mol. The van der Waals surface area contributed by atoms with Gasteiger partial charge in [0.15, 0.2) is 6.61 Å². The Morgan fingerprint density at radius 2 is 2.04 bits per heavy atom. The van der Waals surface area contributed by atoms with Crippen LogP contribution in [0.3, 0.4) is 0 Å². The summed E-state index contributed by atoms with van der Waals surface area (Å²) in [6, 6.07) is 13.1. The van der Waals surface area contributed by atoms with Crippen LogP contribution in [-0.4, -0.2) is 29.9 Å². The van der Waals surface area contributed by atoms with E-state index in [9.17, 15) is 9.59 Å². The second-order valence-corrected chi connectivity index (χ2v) is 7.91. The first kappa shape index (κ1) is 18.5. The fourth-order valence-corrected chi connectivity index (χ4v) is 4.01. The summed E-state index contributed by atoms with van der Waals surface area (Å²) < 4.78 is 11.2. The number of thiocarbonyl (C=S) groups is 1. The lowest BCUT2D eigenvalue weighted by Crippen LogP contribution is -2.38. The van der Waals surface area contributed by atoms with Crippen molar-refractivity contribution < 1.29 is 19.1 Å².